The third-order valence-electron chi connectivity index (χ3n) is 4.95. The molecule has 2 heterocycles. The average molecular weight is 328 g/mol. The first kappa shape index (κ1) is 17.2. The summed E-state index contributed by atoms with van der Waals surface area (Å²) in [6, 6.07) is 15.0. The first-order chi connectivity index (χ1) is 11.7. The lowest BCUT2D eigenvalue weighted by molar-refractivity contribution is 0.0927. The molecule has 0 unspecified atom stereocenters. The van der Waals surface area contributed by atoms with E-state index in [2.05, 4.69) is 54.4 Å². The van der Waals surface area contributed by atoms with Gasteiger partial charge in [-0.25, -0.2) is 0 Å². The van der Waals surface area contributed by atoms with Crippen LogP contribution in [0.1, 0.15) is 30.9 Å². The van der Waals surface area contributed by atoms with Gasteiger partial charge in [0.2, 0.25) is 0 Å². The molecule has 0 spiro atoms. The van der Waals surface area contributed by atoms with Crippen molar-refractivity contribution >= 4 is 0 Å². The predicted octanol–water partition coefficient (Wildman–Crippen LogP) is 3.02. The first-order valence-electron chi connectivity index (χ1n) is 8.84. The molecule has 0 amide bonds. The number of nitrogens with zero attached hydrogens (tertiary/aromatic N) is 1. The van der Waals surface area contributed by atoms with E-state index in [-0.39, 0.29) is 6.61 Å². The number of piperidine rings is 1. The van der Waals surface area contributed by atoms with Crippen molar-refractivity contribution in [3.05, 3.63) is 59.5 Å². The van der Waals surface area contributed by atoms with Crippen molar-refractivity contribution < 1.29 is 9.52 Å². The van der Waals surface area contributed by atoms with Crippen LogP contribution in [0.2, 0.25) is 0 Å². The molecular weight excluding hydrogens is 300 g/mol. The number of nitrogens with one attached hydrogen (secondary N) is 1. The summed E-state index contributed by atoms with van der Waals surface area (Å²) in [7, 11) is 0. The molecule has 2 atom stereocenters. The van der Waals surface area contributed by atoms with Gasteiger partial charge in [-0.2, -0.15) is 0 Å². The second kappa shape index (κ2) is 7.97. The SMILES string of the molecule is C[C@@H]1CN(Cc2ccccc2)C[C@@H](C)C1NCc1ccc(CO)o1. The fourth-order valence-corrected chi connectivity index (χ4v) is 3.87. The third-order valence-corrected chi connectivity index (χ3v) is 4.95. The van der Waals surface area contributed by atoms with Crippen LogP contribution in [-0.4, -0.2) is 29.1 Å². The summed E-state index contributed by atoms with van der Waals surface area (Å²) in [5.74, 6) is 2.70. The standard InChI is InChI=1S/C20H28N2O2/c1-15-11-22(13-17-6-4-3-5-7-17)12-16(2)20(15)21-10-18-8-9-19(14-23)24-18/h3-9,15-16,20-21,23H,10-14H2,1-2H3/t15-,16-/m1/s1. The Morgan fingerprint density at radius 1 is 1.04 bits per heavy atom. The molecule has 0 radical (unpaired) electrons. The van der Waals surface area contributed by atoms with E-state index in [1.54, 1.807) is 0 Å². The number of likely N-dealkylation sites (tertiary alicyclic amines) is 1. The Balaban J connectivity index is 1.53. The topological polar surface area (TPSA) is 48.6 Å². The molecule has 1 aliphatic rings. The highest BCUT2D eigenvalue weighted by atomic mass is 16.4. The van der Waals surface area contributed by atoms with E-state index >= 15 is 0 Å². The average Bonchev–Trinajstić information content (AvgIpc) is 3.03. The quantitative estimate of drug-likeness (QED) is 0.856. The zero-order valence-corrected chi connectivity index (χ0v) is 14.6. The minimum absolute atomic E-state index is 0.0370. The van der Waals surface area contributed by atoms with E-state index in [0.717, 1.165) is 31.9 Å². The summed E-state index contributed by atoms with van der Waals surface area (Å²) >= 11 is 0. The molecule has 1 aliphatic heterocycles. The number of furan rings is 1. The molecular formula is C20H28N2O2. The minimum Gasteiger partial charge on any atom is -0.462 e. The Bertz CT molecular complexity index is 614. The highest BCUT2D eigenvalue weighted by Crippen LogP contribution is 2.24. The van der Waals surface area contributed by atoms with Crippen LogP contribution < -0.4 is 5.32 Å². The number of rotatable bonds is 6. The van der Waals surface area contributed by atoms with Crippen molar-refractivity contribution in [3.8, 4) is 0 Å². The van der Waals surface area contributed by atoms with E-state index in [9.17, 15) is 0 Å². The van der Waals surface area contributed by atoms with Gasteiger partial charge in [-0.15, -0.1) is 0 Å². The normalized spacial score (nSPS) is 22.8. The van der Waals surface area contributed by atoms with Gasteiger partial charge < -0.3 is 14.8 Å². The zero-order chi connectivity index (χ0) is 16.9. The summed E-state index contributed by atoms with van der Waals surface area (Å²) in [4.78, 5) is 2.56. The summed E-state index contributed by atoms with van der Waals surface area (Å²) in [6.45, 7) is 8.58. The molecule has 1 aromatic heterocycles. The van der Waals surface area contributed by atoms with Gasteiger partial charge in [0.15, 0.2) is 0 Å². The molecule has 0 bridgehead atoms. The molecule has 2 aromatic rings. The van der Waals surface area contributed by atoms with Gasteiger partial charge >= 0.3 is 0 Å². The Morgan fingerprint density at radius 3 is 2.33 bits per heavy atom. The van der Waals surface area contributed by atoms with E-state index in [4.69, 9.17) is 9.52 Å². The van der Waals surface area contributed by atoms with Crippen molar-refractivity contribution in [2.45, 2.75) is 39.6 Å². The van der Waals surface area contributed by atoms with Crippen molar-refractivity contribution in [1.29, 1.82) is 0 Å². The summed E-state index contributed by atoms with van der Waals surface area (Å²) < 4.78 is 5.57. The van der Waals surface area contributed by atoms with E-state index < -0.39 is 0 Å². The van der Waals surface area contributed by atoms with Crippen LogP contribution in [0, 0.1) is 11.8 Å². The molecule has 4 nitrogen and oxygen atoms in total. The van der Waals surface area contributed by atoms with Crippen LogP contribution in [0.15, 0.2) is 46.9 Å². The maximum atomic E-state index is 9.08. The van der Waals surface area contributed by atoms with Gasteiger partial charge in [0.1, 0.15) is 18.1 Å². The lowest BCUT2D eigenvalue weighted by atomic mass is 9.85. The first-order valence-corrected chi connectivity index (χ1v) is 8.84. The Labute approximate surface area is 144 Å². The summed E-state index contributed by atoms with van der Waals surface area (Å²) in [6.07, 6.45) is 0. The Hall–Kier alpha value is -1.62. The number of aliphatic hydroxyl groups is 1. The molecule has 1 saturated heterocycles. The third kappa shape index (κ3) is 4.26. The highest BCUT2D eigenvalue weighted by Gasteiger charge is 2.31. The molecule has 24 heavy (non-hydrogen) atoms. The fraction of sp³-hybridized carbons (Fsp3) is 0.500. The van der Waals surface area contributed by atoms with Crippen LogP contribution in [0.3, 0.4) is 0 Å². The van der Waals surface area contributed by atoms with E-state index in [1.807, 2.05) is 12.1 Å². The largest absolute Gasteiger partial charge is 0.462 e. The smallest absolute Gasteiger partial charge is 0.129 e. The van der Waals surface area contributed by atoms with E-state index in [1.165, 1.54) is 5.56 Å². The molecule has 2 N–H and O–H groups in total. The molecule has 130 valence electrons. The van der Waals surface area contributed by atoms with Crippen LogP contribution >= 0.6 is 0 Å². The number of benzene rings is 1. The number of hydrogen-bond acceptors (Lipinski definition) is 4. The Kier molecular flexibility index (Phi) is 5.72. The summed E-state index contributed by atoms with van der Waals surface area (Å²) in [5.41, 5.74) is 1.38. The molecule has 3 rings (SSSR count). The van der Waals surface area contributed by atoms with Gasteiger partial charge in [0.05, 0.1) is 6.54 Å². The lowest BCUT2D eigenvalue weighted by Gasteiger charge is -2.42. The van der Waals surface area contributed by atoms with Crippen LogP contribution in [0.25, 0.3) is 0 Å². The maximum Gasteiger partial charge on any atom is 0.129 e. The van der Waals surface area contributed by atoms with Crippen molar-refractivity contribution in [3.63, 3.8) is 0 Å². The number of aliphatic hydroxyl groups excluding tert-OH is 1. The predicted molar refractivity (Wildman–Crippen MR) is 95.3 cm³/mol. The fourth-order valence-electron chi connectivity index (χ4n) is 3.87. The van der Waals surface area contributed by atoms with Crippen molar-refractivity contribution in [2.75, 3.05) is 13.1 Å². The van der Waals surface area contributed by atoms with Gasteiger partial charge in [-0.1, -0.05) is 44.2 Å². The minimum atomic E-state index is -0.0370. The Morgan fingerprint density at radius 2 is 1.71 bits per heavy atom. The second-order valence-electron chi connectivity index (χ2n) is 7.07. The molecule has 1 fully saturated rings. The summed E-state index contributed by atoms with van der Waals surface area (Å²) in [5, 5.41) is 12.7. The highest BCUT2D eigenvalue weighted by molar-refractivity contribution is 5.14. The van der Waals surface area contributed by atoms with Gasteiger partial charge in [-0.3, -0.25) is 4.90 Å². The van der Waals surface area contributed by atoms with Crippen molar-refractivity contribution in [2.24, 2.45) is 11.8 Å². The van der Waals surface area contributed by atoms with E-state index in [0.29, 0.717) is 23.6 Å². The number of hydrogen-bond donors (Lipinski definition) is 2. The van der Waals surface area contributed by atoms with Crippen molar-refractivity contribution in [1.82, 2.24) is 10.2 Å². The maximum absolute atomic E-state index is 9.08. The second-order valence-corrected chi connectivity index (χ2v) is 7.07. The lowest BCUT2D eigenvalue weighted by Crippen LogP contribution is -2.52. The van der Waals surface area contributed by atoms with Gasteiger partial charge in [-0.05, 0) is 29.5 Å². The van der Waals surface area contributed by atoms with Gasteiger partial charge in [0.25, 0.3) is 0 Å². The van der Waals surface area contributed by atoms with Crippen LogP contribution in [0.4, 0.5) is 0 Å². The molecule has 4 heteroatoms. The van der Waals surface area contributed by atoms with Crippen LogP contribution in [0.5, 0.6) is 0 Å². The molecule has 0 saturated carbocycles. The van der Waals surface area contributed by atoms with Gasteiger partial charge in [0, 0.05) is 25.7 Å². The molecule has 1 aromatic carbocycles. The zero-order valence-electron chi connectivity index (χ0n) is 14.6. The van der Waals surface area contributed by atoms with Crippen LogP contribution in [-0.2, 0) is 19.7 Å². The monoisotopic (exact) mass is 328 g/mol. The molecule has 0 aliphatic carbocycles.